The van der Waals surface area contributed by atoms with E-state index in [2.05, 4.69) is 50.1 Å². The molecule has 2 N–H and O–H groups in total. The Morgan fingerprint density at radius 1 is 1.21 bits per heavy atom. The zero-order valence-electron chi connectivity index (χ0n) is 10.0. The summed E-state index contributed by atoms with van der Waals surface area (Å²) in [5.74, 6) is 1.91. The van der Waals surface area contributed by atoms with Crippen molar-refractivity contribution in [3.63, 3.8) is 0 Å². The SMILES string of the molecule is C=C(CNNC(=NC)C(C)C)C(C)C. The Kier molecular flexibility index (Phi) is 6.21. The van der Waals surface area contributed by atoms with Crippen LogP contribution in [0.4, 0.5) is 0 Å². The maximum absolute atomic E-state index is 4.14. The summed E-state index contributed by atoms with van der Waals surface area (Å²) in [5, 5.41) is 0. The van der Waals surface area contributed by atoms with Gasteiger partial charge in [0.2, 0.25) is 0 Å². The lowest BCUT2D eigenvalue weighted by Gasteiger charge is -2.15. The summed E-state index contributed by atoms with van der Waals surface area (Å²) in [6, 6.07) is 0. The van der Waals surface area contributed by atoms with Gasteiger partial charge in [0.25, 0.3) is 0 Å². The second kappa shape index (κ2) is 6.60. The van der Waals surface area contributed by atoms with Crippen LogP contribution in [0.1, 0.15) is 27.7 Å². The van der Waals surface area contributed by atoms with E-state index >= 15 is 0 Å². The number of hydrogen-bond acceptors (Lipinski definition) is 2. The van der Waals surface area contributed by atoms with Gasteiger partial charge in [0.1, 0.15) is 5.84 Å². The summed E-state index contributed by atoms with van der Waals surface area (Å²) >= 11 is 0. The standard InChI is InChI=1S/C11H23N3/c1-8(2)10(5)7-13-14-11(12-6)9(3)4/h8-9,13H,5,7H2,1-4,6H3,(H,12,14). The normalized spacial score (nSPS) is 12.4. The monoisotopic (exact) mass is 197 g/mol. The van der Waals surface area contributed by atoms with Gasteiger partial charge in [0, 0.05) is 19.5 Å². The molecule has 0 aromatic carbocycles. The Bertz CT molecular complexity index is 205. The minimum atomic E-state index is 0.416. The van der Waals surface area contributed by atoms with Crippen molar-refractivity contribution in [2.45, 2.75) is 27.7 Å². The van der Waals surface area contributed by atoms with Crippen molar-refractivity contribution in [3.05, 3.63) is 12.2 Å². The van der Waals surface area contributed by atoms with Gasteiger partial charge in [-0.05, 0) is 5.92 Å². The molecule has 0 aliphatic heterocycles. The first kappa shape index (κ1) is 13.2. The summed E-state index contributed by atoms with van der Waals surface area (Å²) in [5.41, 5.74) is 7.40. The highest BCUT2D eigenvalue weighted by atomic mass is 15.4. The van der Waals surface area contributed by atoms with Crippen LogP contribution >= 0.6 is 0 Å². The van der Waals surface area contributed by atoms with Crippen LogP contribution in [-0.2, 0) is 0 Å². The number of amidine groups is 1. The number of aliphatic imine (C=N–C) groups is 1. The Balaban J connectivity index is 3.79. The fourth-order valence-electron chi connectivity index (χ4n) is 0.911. The number of nitrogens with zero attached hydrogens (tertiary/aromatic N) is 1. The van der Waals surface area contributed by atoms with Crippen molar-refractivity contribution in [1.29, 1.82) is 0 Å². The van der Waals surface area contributed by atoms with E-state index in [1.54, 1.807) is 7.05 Å². The molecule has 0 rings (SSSR count). The third-order valence-electron chi connectivity index (χ3n) is 2.14. The molecule has 0 aromatic rings. The molecule has 0 heterocycles. The fourth-order valence-corrected chi connectivity index (χ4v) is 0.911. The van der Waals surface area contributed by atoms with Crippen LogP contribution in [0.5, 0.6) is 0 Å². The highest BCUT2D eigenvalue weighted by molar-refractivity contribution is 5.83. The lowest BCUT2D eigenvalue weighted by molar-refractivity contribution is 0.620. The summed E-state index contributed by atoms with van der Waals surface area (Å²) in [7, 11) is 1.79. The van der Waals surface area contributed by atoms with Crippen LogP contribution in [0.25, 0.3) is 0 Å². The lowest BCUT2D eigenvalue weighted by atomic mass is 10.1. The van der Waals surface area contributed by atoms with Crippen LogP contribution in [0.15, 0.2) is 17.1 Å². The molecular weight excluding hydrogens is 174 g/mol. The van der Waals surface area contributed by atoms with E-state index in [0.29, 0.717) is 11.8 Å². The van der Waals surface area contributed by atoms with E-state index in [1.807, 2.05) is 0 Å². The highest BCUT2D eigenvalue weighted by Crippen LogP contribution is 2.03. The van der Waals surface area contributed by atoms with Crippen molar-refractivity contribution in [2.75, 3.05) is 13.6 Å². The summed E-state index contributed by atoms with van der Waals surface area (Å²) in [4.78, 5) is 4.14. The Labute approximate surface area is 87.7 Å². The number of nitrogens with one attached hydrogen (secondary N) is 2. The molecule has 0 atom stereocenters. The van der Waals surface area contributed by atoms with Crippen molar-refractivity contribution in [2.24, 2.45) is 16.8 Å². The minimum Gasteiger partial charge on any atom is -0.309 e. The molecule has 3 nitrogen and oxygen atoms in total. The van der Waals surface area contributed by atoms with Crippen LogP contribution in [0.2, 0.25) is 0 Å². The summed E-state index contributed by atoms with van der Waals surface area (Å²) in [6.07, 6.45) is 0. The molecule has 0 bridgehead atoms. The van der Waals surface area contributed by atoms with Crippen LogP contribution in [0.3, 0.4) is 0 Å². The third-order valence-corrected chi connectivity index (χ3v) is 2.14. The molecule has 3 heteroatoms. The van der Waals surface area contributed by atoms with Gasteiger partial charge in [-0.2, -0.15) is 0 Å². The summed E-state index contributed by atoms with van der Waals surface area (Å²) < 4.78 is 0. The molecule has 82 valence electrons. The number of hydrogen-bond donors (Lipinski definition) is 2. The molecule has 0 fully saturated rings. The van der Waals surface area contributed by atoms with Gasteiger partial charge in [-0.1, -0.05) is 39.8 Å². The van der Waals surface area contributed by atoms with E-state index in [0.717, 1.165) is 12.4 Å². The van der Waals surface area contributed by atoms with Crippen molar-refractivity contribution >= 4 is 5.84 Å². The number of hydrazine groups is 1. The van der Waals surface area contributed by atoms with Crippen LogP contribution in [-0.4, -0.2) is 19.4 Å². The van der Waals surface area contributed by atoms with Crippen molar-refractivity contribution in [1.82, 2.24) is 10.9 Å². The molecule has 0 saturated heterocycles. The molecule has 0 aromatic heterocycles. The maximum atomic E-state index is 4.14. The second-order valence-corrected chi connectivity index (χ2v) is 4.06. The first-order chi connectivity index (χ1) is 6.49. The van der Waals surface area contributed by atoms with E-state index in [1.165, 1.54) is 5.57 Å². The quantitative estimate of drug-likeness (QED) is 0.306. The zero-order chi connectivity index (χ0) is 11.1. The Morgan fingerprint density at radius 3 is 2.14 bits per heavy atom. The Morgan fingerprint density at radius 2 is 1.79 bits per heavy atom. The molecule has 14 heavy (non-hydrogen) atoms. The first-order valence-corrected chi connectivity index (χ1v) is 5.12. The van der Waals surface area contributed by atoms with Gasteiger partial charge < -0.3 is 5.43 Å². The molecule has 0 saturated carbocycles. The molecule has 0 aliphatic carbocycles. The predicted octanol–water partition coefficient (Wildman–Crippen LogP) is 1.98. The largest absolute Gasteiger partial charge is 0.309 e. The van der Waals surface area contributed by atoms with Crippen LogP contribution in [0, 0.1) is 11.8 Å². The predicted molar refractivity (Wildman–Crippen MR) is 63.3 cm³/mol. The molecule has 0 amide bonds. The zero-order valence-corrected chi connectivity index (χ0v) is 10.0. The fraction of sp³-hybridized carbons (Fsp3) is 0.727. The van der Waals surface area contributed by atoms with E-state index < -0.39 is 0 Å². The van der Waals surface area contributed by atoms with Crippen molar-refractivity contribution in [3.8, 4) is 0 Å². The molecular formula is C11H23N3. The maximum Gasteiger partial charge on any atom is 0.113 e. The van der Waals surface area contributed by atoms with Crippen LogP contribution < -0.4 is 10.9 Å². The van der Waals surface area contributed by atoms with E-state index in [9.17, 15) is 0 Å². The smallest absolute Gasteiger partial charge is 0.113 e. The van der Waals surface area contributed by atoms with E-state index in [4.69, 9.17) is 0 Å². The first-order valence-electron chi connectivity index (χ1n) is 5.12. The minimum absolute atomic E-state index is 0.416. The topological polar surface area (TPSA) is 36.4 Å². The second-order valence-electron chi connectivity index (χ2n) is 4.06. The molecule has 0 aliphatic rings. The average Bonchev–Trinajstić information content (AvgIpc) is 2.11. The summed E-state index contributed by atoms with van der Waals surface area (Å²) in [6.45, 7) is 13.3. The Hall–Kier alpha value is -0.830. The lowest BCUT2D eigenvalue weighted by Crippen LogP contribution is -2.41. The molecule has 0 spiro atoms. The van der Waals surface area contributed by atoms with Gasteiger partial charge in [-0.25, -0.2) is 5.43 Å². The van der Waals surface area contributed by atoms with Gasteiger partial charge >= 0.3 is 0 Å². The number of rotatable bonds is 5. The average molecular weight is 197 g/mol. The van der Waals surface area contributed by atoms with E-state index in [-0.39, 0.29) is 0 Å². The van der Waals surface area contributed by atoms with Gasteiger partial charge in [-0.15, -0.1) is 0 Å². The van der Waals surface area contributed by atoms with Gasteiger partial charge in [0.15, 0.2) is 0 Å². The van der Waals surface area contributed by atoms with Gasteiger partial charge in [0.05, 0.1) is 0 Å². The molecule has 0 radical (unpaired) electrons. The third kappa shape index (κ3) is 5.02. The van der Waals surface area contributed by atoms with Crippen molar-refractivity contribution < 1.29 is 0 Å². The molecule has 0 unspecified atom stereocenters. The van der Waals surface area contributed by atoms with Gasteiger partial charge in [-0.3, -0.25) is 4.99 Å². The highest BCUT2D eigenvalue weighted by Gasteiger charge is 2.03.